The van der Waals surface area contributed by atoms with Crippen molar-refractivity contribution < 1.29 is 31.4 Å². The zero-order valence-corrected chi connectivity index (χ0v) is 9.09. The number of methoxy groups -OCH3 is 1. The van der Waals surface area contributed by atoms with Crippen LogP contribution < -0.4 is 15.2 Å². The number of nitrogens with zero attached hydrogens (tertiary/aromatic N) is 1. The maximum Gasteiger partial charge on any atom is 0.574 e. The van der Waals surface area contributed by atoms with Crippen molar-refractivity contribution in [3.8, 4) is 11.6 Å². The number of pyridine rings is 1. The highest BCUT2D eigenvalue weighted by atomic mass is 19.4. The first-order chi connectivity index (χ1) is 8.28. The molecule has 0 unspecified atom stereocenters. The number of hydrogen-bond acceptors (Lipinski definition) is 4. The van der Waals surface area contributed by atoms with Crippen molar-refractivity contribution in [1.82, 2.24) is 4.98 Å². The second-order valence-electron chi connectivity index (χ2n) is 3.08. The van der Waals surface area contributed by atoms with E-state index >= 15 is 0 Å². The monoisotopic (exact) mass is 272 g/mol. The summed E-state index contributed by atoms with van der Waals surface area (Å²) in [6, 6.07) is 0.752. The van der Waals surface area contributed by atoms with E-state index < -0.39 is 24.4 Å². The lowest BCUT2D eigenvalue weighted by atomic mass is 10.1. The average molecular weight is 272 g/mol. The van der Waals surface area contributed by atoms with Crippen LogP contribution in [0.15, 0.2) is 6.07 Å². The number of rotatable bonds is 4. The second-order valence-corrected chi connectivity index (χ2v) is 3.08. The van der Waals surface area contributed by atoms with Crippen LogP contribution in [0, 0.1) is 0 Å². The van der Waals surface area contributed by atoms with Crippen molar-refractivity contribution in [2.45, 2.75) is 19.3 Å². The fourth-order valence-electron chi connectivity index (χ4n) is 1.28. The first-order valence-electron chi connectivity index (χ1n) is 4.60. The van der Waals surface area contributed by atoms with Crippen molar-refractivity contribution >= 4 is 0 Å². The molecule has 0 spiro atoms. The van der Waals surface area contributed by atoms with Crippen molar-refractivity contribution in [2.75, 3.05) is 7.11 Å². The molecule has 0 bridgehead atoms. The van der Waals surface area contributed by atoms with E-state index in [2.05, 4.69) is 14.5 Å². The molecule has 0 fully saturated rings. The summed E-state index contributed by atoms with van der Waals surface area (Å²) in [4.78, 5) is 3.08. The van der Waals surface area contributed by atoms with Gasteiger partial charge in [0.1, 0.15) is 11.4 Å². The summed E-state index contributed by atoms with van der Waals surface area (Å²) in [7, 11) is 1.11. The molecule has 1 rings (SSSR count). The molecule has 102 valence electrons. The van der Waals surface area contributed by atoms with Crippen LogP contribution in [0.25, 0.3) is 0 Å². The fraction of sp³-hybridized carbons (Fsp3) is 0.444. The molecule has 1 heterocycles. The minimum absolute atomic E-state index is 0.165. The molecule has 0 radical (unpaired) electrons. The first-order valence-corrected chi connectivity index (χ1v) is 4.60. The van der Waals surface area contributed by atoms with Gasteiger partial charge in [-0.2, -0.15) is 0 Å². The van der Waals surface area contributed by atoms with E-state index in [9.17, 15) is 22.0 Å². The molecule has 0 saturated carbocycles. The minimum Gasteiger partial charge on any atom is -0.496 e. The molecular weight excluding hydrogens is 263 g/mol. The highest BCUT2D eigenvalue weighted by Gasteiger charge is 2.33. The van der Waals surface area contributed by atoms with E-state index in [1.165, 1.54) is 0 Å². The van der Waals surface area contributed by atoms with Crippen LogP contribution in [0.3, 0.4) is 0 Å². The van der Waals surface area contributed by atoms with Crippen molar-refractivity contribution in [1.29, 1.82) is 0 Å². The van der Waals surface area contributed by atoms with Gasteiger partial charge in [-0.05, 0) is 0 Å². The topological polar surface area (TPSA) is 57.4 Å². The predicted octanol–water partition coefficient (Wildman–Crippen LogP) is 2.39. The zero-order valence-electron chi connectivity index (χ0n) is 9.09. The van der Waals surface area contributed by atoms with Gasteiger partial charge in [0.2, 0.25) is 5.88 Å². The molecule has 9 heteroatoms. The first kappa shape index (κ1) is 14.4. The number of halogens is 5. The number of alkyl halides is 5. The Morgan fingerprint density at radius 1 is 1.39 bits per heavy atom. The van der Waals surface area contributed by atoms with E-state index in [0.717, 1.165) is 13.2 Å². The van der Waals surface area contributed by atoms with E-state index in [4.69, 9.17) is 5.73 Å². The molecule has 1 aromatic rings. The molecule has 2 N–H and O–H groups in total. The standard InChI is InChI=1S/C9H9F5N2O2/c1-17-5-2-6(18-9(12,13)14)16-7(8(10)11)4(5)3-15/h2,8H,3,15H2,1H3. The molecule has 0 aromatic carbocycles. The van der Waals surface area contributed by atoms with Gasteiger partial charge in [-0.25, -0.2) is 13.8 Å². The van der Waals surface area contributed by atoms with Gasteiger partial charge < -0.3 is 15.2 Å². The van der Waals surface area contributed by atoms with Crippen LogP contribution in [0.1, 0.15) is 17.7 Å². The van der Waals surface area contributed by atoms with Crippen LogP contribution in [0.5, 0.6) is 11.6 Å². The molecule has 0 aliphatic heterocycles. The molecule has 0 amide bonds. The van der Waals surface area contributed by atoms with Crippen LogP contribution in [-0.4, -0.2) is 18.5 Å². The van der Waals surface area contributed by atoms with Gasteiger partial charge in [0.05, 0.1) is 7.11 Å². The Hall–Kier alpha value is -1.64. The molecular formula is C9H9F5N2O2. The van der Waals surface area contributed by atoms with Crippen LogP contribution in [0.4, 0.5) is 22.0 Å². The lowest BCUT2D eigenvalue weighted by molar-refractivity contribution is -0.276. The Balaban J connectivity index is 3.27. The molecule has 0 aliphatic carbocycles. The summed E-state index contributed by atoms with van der Waals surface area (Å²) >= 11 is 0. The molecule has 18 heavy (non-hydrogen) atoms. The van der Waals surface area contributed by atoms with Crippen molar-refractivity contribution in [3.63, 3.8) is 0 Å². The number of aromatic nitrogens is 1. The van der Waals surface area contributed by atoms with Crippen molar-refractivity contribution in [3.05, 3.63) is 17.3 Å². The van der Waals surface area contributed by atoms with Crippen LogP contribution >= 0.6 is 0 Å². The van der Waals surface area contributed by atoms with Gasteiger partial charge in [0.15, 0.2) is 0 Å². The molecule has 4 nitrogen and oxygen atoms in total. The largest absolute Gasteiger partial charge is 0.574 e. The summed E-state index contributed by atoms with van der Waals surface area (Å²) in [5.74, 6) is -1.26. The molecule has 1 aromatic heterocycles. The smallest absolute Gasteiger partial charge is 0.496 e. The summed E-state index contributed by atoms with van der Waals surface area (Å²) in [5.41, 5.74) is 4.17. The summed E-state index contributed by atoms with van der Waals surface area (Å²) < 4.78 is 69.3. The third-order valence-electron chi connectivity index (χ3n) is 1.94. The van der Waals surface area contributed by atoms with Gasteiger partial charge in [-0.1, -0.05) is 0 Å². The summed E-state index contributed by atoms with van der Waals surface area (Å²) in [5, 5.41) is 0. The maximum absolute atomic E-state index is 12.6. The van der Waals surface area contributed by atoms with E-state index in [1.807, 2.05) is 0 Å². The predicted molar refractivity (Wildman–Crippen MR) is 50.3 cm³/mol. The summed E-state index contributed by atoms with van der Waals surface area (Å²) in [6.45, 7) is -0.345. The Kier molecular flexibility index (Phi) is 4.28. The number of hydrogen-bond donors (Lipinski definition) is 1. The van der Waals surface area contributed by atoms with Crippen LogP contribution in [-0.2, 0) is 6.54 Å². The van der Waals surface area contributed by atoms with E-state index in [1.54, 1.807) is 0 Å². The van der Waals surface area contributed by atoms with Crippen LogP contribution in [0.2, 0.25) is 0 Å². The van der Waals surface area contributed by atoms with E-state index in [0.29, 0.717) is 0 Å². The van der Waals surface area contributed by atoms with Crippen molar-refractivity contribution in [2.24, 2.45) is 5.73 Å². The third-order valence-corrected chi connectivity index (χ3v) is 1.94. The highest BCUT2D eigenvalue weighted by Crippen LogP contribution is 2.33. The maximum atomic E-state index is 12.6. The van der Waals surface area contributed by atoms with Gasteiger partial charge in [0, 0.05) is 18.2 Å². The third kappa shape index (κ3) is 3.42. The second kappa shape index (κ2) is 5.34. The number of ether oxygens (including phenoxy) is 2. The van der Waals surface area contributed by atoms with Gasteiger partial charge in [0.25, 0.3) is 6.43 Å². The highest BCUT2D eigenvalue weighted by molar-refractivity contribution is 5.41. The lowest BCUT2D eigenvalue weighted by Crippen LogP contribution is -2.19. The minimum atomic E-state index is -5.03. The van der Waals surface area contributed by atoms with Gasteiger partial charge in [-0.3, -0.25) is 0 Å². The SMILES string of the molecule is COc1cc(OC(F)(F)F)nc(C(F)F)c1CN. The fourth-order valence-corrected chi connectivity index (χ4v) is 1.28. The zero-order chi connectivity index (χ0) is 13.9. The quantitative estimate of drug-likeness (QED) is 0.855. The van der Waals surface area contributed by atoms with Gasteiger partial charge >= 0.3 is 6.36 Å². The Bertz CT molecular complexity index is 422. The summed E-state index contributed by atoms with van der Waals surface area (Å²) in [6.07, 6.45) is -8.11. The lowest BCUT2D eigenvalue weighted by Gasteiger charge is -2.14. The molecule has 0 atom stereocenters. The Morgan fingerprint density at radius 3 is 2.39 bits per heavy atom. The molecule has 0 aliphatic rings. The Morgan fingerprint density at radius 2 is 2.00 bits per heavy atom. The van der Waals surface area contributed by atoms with E-state index in [-0.39, 0.29) is 17.9 Å². The molecule has 0 saturated heterocycles. The number of nitrogens with two attached hydrogens (primary N) is 1. The average Bonchev–Trinajstić information content (AvgIpc) is 2.25. The normalized spacial score (nSPS) is 11.8. The Labute approximate surface area is 98.5 Å². The van der Waals surface area contributed by atoms with Gasteiger partial charge in [-0.15, -0.1) is 13.2 Å².